The van der Waals surface area contributed by atoms with Crippen LogP contribution in [-0.2, 0) is 0 Å². The van der Waals surface area contributed by atoms with E-state index in [1.807, 2.05) is 31.2 Å². The van der Waals surface area contributed by atoms with Gasteiger partial charge in [0.15, 0.2) is 10.9 Å². The van der Waals surface area contributed by atoms with Crippen LogP contribution in [0.15, 0.2) is 30.5 Å². The first-order valence-corrected chi connectivity index (χ1v) is 6.86. The Labute approximate surface area is 119 Å². The van der Waals surface area contributed by atoms with Gasteiger partial charge in [-0.05, 0) is 36.8 Å². The zero-order valence-electron chi connectivity index (χ0n) is 10.1. The number of nitrogens with zero attached hydrogens (tertiary/aromatic N) is 2. The van der Waals surface area contributed by atoms with E-state index in [4.69, 9.17) is 17.3 Å². The van der Waals surface area contributed by atoms with Gasteiger partial charge in [0.25, 0.3) is 0 Å². The molecule has 1 aromatic carbocycles. The van der Waals surface area contributed by atoms with E-state index in [0.29, 0.717) is 16.5 Å². The lowest BCUT2D eigenvalue weighted by atomic mass is 10.3. The molecule has 2 heterocycles. The highest BCUT2D eigenvalue weighted by Crippen LogP contribution is 2.31. The molecule has 0 aliphatic carbocycles. The van der Waals surface area contributed by atoms with E-state index in [2.05, 4.69) is 15.3 Å². The van der Waals surface area contributed by atoms with Crippen LogP contribution in [0.3, 0.4) is 0 Å². The topological polar surface area (TPSA) is 63.8 Å². The first-order chi connectivity index (χ1) is 9.11. The van der Waals surface area contributed by atoms with E-state index >= 15 is 0 Å². The first-order valence-electron chi connectivity index (χ1n) is 5.67. The molecule has 3 aromatic rings. The van der Waals surface area contributed by atoms with Crippen molar-refractivity contribution in [2.24, 2.45) is 0 Å². The van der Waals surface area contributed by atoms with E-state index in [1.54, 1.807) is 6.20 Å². The third-order valence-corrected chi connectivity index (χ3v) is 3.80. The van der Waals surface area contributed by atoms with Gasteiger partial charge in [0.1, 0.15) is 0 Å². The molecule has 19 heavy (non-hydrogen) atoms. The van der Waals surface area contributed by atoms with Crippen molar-refractivity contribution in [3.8, 4) is 0 Å². The van der Waals surface area contributed by atoms with Crippen LogP contribution in [0.5, 0.6) is 0 Å². The van der Waals surface area contributed by atoms with E-state index in [-0.39, 0.29) is 0 Å². The van der Waals surface area contributed by atoms with E-state index in [9.17, 15) is 0 Å². The van der Waals surface area contributed by atoms with E-state index in [1.165, 1.54) is 11.3 Å². The predicted octanol–water partition coefficient (Wildman–Crippen LogP) is 3.98. The van der Waals surface area contributed by atoms with Gasteiger partial charge in [-0.2, -0.15) is 0 Å². The van der Waals surface area contributed by atoms with Crippen molar-refractivity contribution in [3.63, 3.8) is 0 Å². The average Bonchev–Trinajstić information content (AvgIpc) is 2.74. The minimum atomic E-state index is 0.609. The molecule has 0 aliphatic rings. The Bertz CT molecular complexity index is 753. The van der Waals surface area contributed by atoms with E-state index < -0.39 is 0 Å². The van der Waals surface area contributed by atoms with Crippen molar-refractivity contribution < 1.29 is 0 Å². The summed E-state index contributed by atoms with van der Waals surface area (Å²) in [6.07, 6.45) is 1.77. The summed E-state index contributed by atoms with van der Waals surface area (Å²) in [7, 11) is 0. The molecule has 0 fully saturated rings. The molecule has 0 atom stereocenters. The number of thiazole rings is 1. The van der Waals surface area contributed by atoms with Crippen LogP contribution in [0.4, 0.5) is 16.6 Å². The van der Waals surface area contributed by atoms with Crippen LogP contribution in [0, 0.1) is 6.92 Å². The fourth-order valence-corrected chi connectivity index (χ4v) is 2.89. The lowest BCUT2D eigenvalue weighted by Gasteiger charge is -2.05. The molecule has 6 heteroatoms. The summed E-state index contributed by atoms with van der Waals surface area (Å²) in [5.74, 6) is 0.621. The second kappa shape index (κ2) is 4.68. The number of fused-ring (bicyclic) bond motifs is 1. The number of rotatable bonds is 2. The summed E-state index contributed by atoms with van der Waals surface area (Å²) < 4.78 is 1.03. The molecular formula is C13H11ClN4S. The number of aromatic nitrogens is 2. The van der Waals surface area contributed by atoms with Gasteiger partial charge in [0.05, 0.1) is 15.9 Å². The highest BCUT2D eigenvalue weighted by Gasteiger charge is 2.07. The van der Waals surface area contributed by atoms with Crippen molar-refractivity contribution in [2.75, 3.05) is 11.1 Å². The lowest BCUT2D eigenvalue weighted by Crippen LogP contribution is -1.99. The number of hydrogen-bond donors (Lipinski definition) is 2. The number of nitrogens with one attached hydrogen (secondary N) is 1. The van der Waals surface area contributed by atoms with Gasteiger partial charge in [-0.15, -0.1) is 0 Å². The number of nitrogens with two attached hydrogens (primary N) is 1. The number of anilines is 3. The van der Waals surface area contributed by atoms with Gasteiger partial charge in [-0.25, -0.2) is 9.97 Å². The SMILES string of the molecule is Cc1cnc(Nc2nc3ccc(Cl)cc3s2)c(N)c1. The smallest absolute Gasteiger partial charge is 0.189 e. The molecule has 0 aliphatic heterocycles. The molecule has 2 aromatic heterocycles. The molecule has 0 spiro atoms. The van der Waals surface area contributed by atoms with Gasteiger partial charge in [-0.3, -0.25) is 0 Å². The summed E-state index contributed by atoms with van der Waals surface area (Å²) in [4.78, 5) is 8.73. The molecular weight excluding hydrogens is 280 g/mol. The number of pyridine rings is 1. The largest absolute Gasteiger partial charge is 0.396 e. The van der Waals surface area contributed by atoms with Crippen LogP contribution in [0.2, 0.25) is 5.02 Å². The second-order valence-electron chi connectivity index (χ2n) is 4.21. The number of nitrogen functional groups attached to an aromatic ring is 1. The summed E-state index contributed by atoms with van der Waals surface area (Å²) in [6.45, 7) is 1.95. The molecule has 0 saturated carbocycles. The minimum absolute atomic E-state index is 0.609. The summed E-state index contributed by atoms with van der Waals surface area (Å²) in [5, 5.41) is 4.59. The molecule has 0 radical (unpaired) electrons. The van der Waals surface area contributed by atoms with Crippen LogP contribution in [0.1, 0.15) is 5.56 Å². The zero-order chi connectivity index (χ0) is 13.4. The predicted molar refractivity (Wildman–Crippen MR) is 81.3 cm³/mol. The third kappa shape index (κ3) is 2.47. The summed E-state index contributed by atoms with van der Waals surface area (Å²) >= 11 is 7.47. The molecule has 0 unspecified atom stereocenters. The fourth-order valence-electron chi connectivity index (χ4n) is 1.75. The quantitative estimate of drug-likeness (QED) is 0.749. The van der Waals surface area contributed by atoms with Gasteiger partial charge in [-0.1, -0.05) is 22.9 Å². The Hall–Kier alpha value is -1.85. The standard InChI is InChI=1S/C13H11ClN4S/c1-7-4-9(15)12(16-6-7)18-13-17-10-3-2-8(14)5-11(10)19-13/h2-6H,15H2,1H3,(H,16,17,18). The average molecular weight is 291 g/mol. The first kappa shape index (κ1) is 12.2. The van der Waals surface area contributed by atoms with Crippen molar-refractivity contribution in [1.29, 1.82) is 0 Å². The van der Waals surface area contributed by atoms with Gasteiger partial charge in [0, 0.05) is 11.2 Å². The third-order valence-electron chi connectivity index (χ3n) is 2.63. The van der Waals surface area contributed by atoms with Crippen LogP contribution < -0.4 is 11.1 Å². The van der Waals surface area contributed by atoms with E-state index in [0.717, 1.165) is 20.9 Å². The Morgan fingerprint density at radius 2 is 2.16 bits per heavy atom. The minimum Gasteiger partial charge on any atom is -0.396 e. The molecule has 96 valence electrons. The lowest BCUT2D eigenvalue weighted by molar-refractivity contribution is 1.26. The van der Waals surface area contributed by atoms with Crippen molar-refractivity contribution in [1.82, 2.24) is 9.97 Å². The zero-order valence-corrected chi connectivity index (χ0v) is 11.7. The molecule has 4 nitrogen and oxygen atoms in total. The van der Waals surface area contributed by atoms with Crippen molar-refractivity contribution >= 4 is 49.8 Å². The number of aryl methyl sites for hydroxylation is 1. The molecule has 3 N–H and O–H groups in total. The molecule has 3 rings (SSSR count). The Morgan fingerprint density at radius 3 is 2.95 bits per heavy atom. The maximum Gasteiger partial charge on any atom is 0.189 e. The summed E-state index contributed by atoms with van der Waals surface area (Å²) in [5.41, 5.74) is 8.46. The normalized spacial score (nSPS) is 10.8. The molecule has 0 bridgehead atoms. The number of hydrogen-bond acceptors (Lipinski definition) is 5. The highest BCUT2D eigenvalue weighted by atomic mass is 35.5. The Morgan fingerprint density at radius 1 is 1.32 bits per heavy atom. The van der Waals surface area contributed by atoms with Crippen LogP contribution in [0.25, 0.3) is 10.2 Å². The maximum atomic E-state index is 5.96. The number of benzene rings is 1. The van der Waals surface area contributed by atoms with Crippen LogP contribution >= 0.6 is 22.9 Å². The van der Waals surface area contributed by atoms with Crippen molar-refractivity contribution in [2.45, 2.75) is 6.92 Å². The van der Waals surface area contributed by atoms with Gasteiger partial charge < -0.3 is 11.1 Å². The summed E-state index contributed by atoms with van der Waals surface area (Å²) in [6, 6.07) is 7.49. The Balaban J connectivity index is 1.96. The Kier molecular flexibility index (Phi) is 3.00. The second-order valence-corrected chi connectivity index (χ2v) is 5.67. The van der Waals surface area contributed by atoms with Crippen LogP contribution in [-0.4, -0.2) is 9.97 Å². The number of halogens is 1. The van der Waals surface area contributed by atoms with Gasteiger partial charge >= 0.3 is 0 Å². The van der Waals surface area contributed by atoms with Crippen molar-refractivity contribution in [3.05, 3.63) is 41.0 Å². The monoisotopic (exact) mass is 290 g/mol. The molecule has 0 saturated heterocycles. The van der Waals surface area contributed by atoms with Gasteiger partial charge in [0.2, 0.25) is 0 Å². The fraction of sp³-hybridized carbons (Fsp3) is 0.0769. The maximum absolute atomic E-state index is 5.96. The molecule has 0 amide bonds. The highest BCUT2D eigenvalue weighted by molar-refractivity contribution is 7.22.